The maximum Gasteiger partial charge on any atom is 1.00 e. The van der Waals surface area contributed by atoms with Gasteiger partial charge >= 0.3 is 29.6 Å². The Hall–Kier alpha value is -6.38. The molecule has 6 aromatic rings. The summed E-state index contributed by atoms with van der Waals surface area (Å²) in [6.45, 7) is 1.77. The van der Waals surface area contributed by atoms with Crippen LogP contribution in [0.2, 0.25) is 0 Å². The number of rotatable bonds is 10. The molecule has 0 aliphatic heterocycles. The zero-order valence-electron chi connectivity index (χ0n) is 31.6. The van der Waals surface area contributed by atoms with Gasteiger partial charge in [0.15, 0.2) is 5.71 Å². The first-order chi connectivity index (χ1) is 28.0. The number of hydrogen-bond acceptors (Lipinski definition) is 12. The summed E-state index contributed by atoms with van der Waals surface area (Å²) in [4.78, 5) is 21.0. The molecule has 0 spiro atoms. The van der Waals surface area contributed by atoms with Crippen molar-refractivity contribution < 1.29 is 70.5 Å². The monoisotopic (exact) mass is 852 g/mol. The molecule has 0 heterocycles. The smallest absolute Gasteiger partial charge is 0.493 e. The number of Topliss-reactive ketones (excluding diaryl/α,β-unsaturated/α-hetero) is 1. The van der Waals surface area contributed by atoms with E-state index in [1.54, 1.807) is 79.7 Å². The Morgan fingerprint density at radius 3 is 1.90 bits per heavy atom. The predicted octanol–water partition coefficient (Wildman–Crippen LogP) is 5.56. The van der Waals surface area contributed by atoms with Crippen molar-refractivity contribution in [3.05, 3.63) is 154 Å². The number of aliphatic imine (C=N–C) groups is 2. The molecule has 0 atom stereocenters. The topological polar surface area (TPSA) is 266 Å². The molecule has 0 fully saturated rings. The van der Waals surface area contributed by atoms with E-state index in [1.165, 1.54) is 48.5 Å². The number of anilines is 2. The molecule has 6 aromatic carbocycles. The first-order valence-electron chi connectivity index (χ1n) is 17.3. The maximum absolute atomic E-state index is 13.5. The molecule has 0 saturated carbocycles. The molecule has 0 aromatic heterocycles. The van der Waals surface area contributed by atoms with Crippen LogP contribution in [0, 0.1) is 6.92 Å². The molecule has 0 amide bonds. The van der Waals surface area contributed by atoms with Crippen LogP contribution in [0.5, 0.6) is 0 Å². The average Bonchev–Trinajstić information content (AvgIpc) is 3.19. The van der Waals surface area contributed by atoms with Crippen molar-refractivity contribution in [2.45, 2.75) is 11.8 Å². The zero-order chi connectivity index (χ0) is 42.1. The molecule has 19 heteroatoms. The number of carbonyl (C=O) groups is 1. The van der Waals surface area contributed by atoms with Gasteiger partial charge in [-0.3, -0.25) is 19.3 Å². The minimum absolute atomic E-state index is 0. The summed E-state index contributed by atoms with van der Waals surface area (Å²) in [5.41, 5.74) is 12.0. The second-order valence-electron chi connectivity index (χ2n) is 13.1. The van der Waals surface area contributed by atoms with Crippen molar-refractivity contribution in [1.82, 2.24) is 0 Å². The predicted molar refractivity (Wildman–Crippen MR) is 225 cm³/mol. The molecule has 0 unspecified atom stereocenters. The van der Waals surface area contributed by atoms with Crippen molar-refractivity contribution in [1.29, 1.82) is 0 Å². The van der Waals surface area contributed by atoms with Crippen LogP contribution < -0.4 is 40.7 Å². The number of benzene rings is 6. The van der Waals surface area contributed by atoms with Gasteiger partial charge in [0.1, 0.15) is 4.91 Å². The Labute approximate surface area is 365 Å². The van der Waals surface area contributed by atoms with Crippen LogP contribution in [-0.2, 0) is 20.2 Å². The molecule has 1 aliphatic carbocycles. The van der Waals surface area contributed by atoms with Crippen LogP contribution in [0.3, 0.4) is 0 Å². The number of nitrogens with zero attached hydrogens (tertiary/aromatic N) is 5. The zero-order valence-corrected chi connectivity index (χ0v) is 35.2. The van der Waals surface area contributed by atoms with Crippen LogP contribution in [-0.4, -0.2) is 59.4 Å². The number of ketones is 1. The largest absolute Gasteiger partial charge is 1.00 e. The Kier molecular flexibility index (Phi) is 12.6. The van der Waals surface area contributed by atoms with E-state index in [2.05, 4.69) is 30.7 Å². The first-order valence-corrected chi connectivity index (χ1v) is 20.2. The van der Waals surface area contributed by atoms with Crippen molar-refractivity contribution in [3.8, 4) is 0 Å². The van der Waals surface area contributed by atoms with Crippen LogP contribution in [0.1, 0.15) is 32.6 Å². The summed E-state index contributed by atoms with van der Waals surface area (Å²) < 4.78 is 67.2. The summed E-state index contributed by atoms with van der Waals surface area (Å²) in [5, 5.41) is 34.6. The Morgan fingerprint density at radius 2 is 1.25 bits per heavy atom. The van der Waals surface area contributed by atoms with Gasteiger partial charge in [-0.05, 0) is 144 Å². The van der Waals surface area contributed by atoms with E-state index in [4.69, 9.17) is 5.73 Å². The third-order valence-corrected chi connectivity index (χ3v) is 10.6. The van der Waals surface area contributed by atoms with E-state index in [0.29, 0.717) is 55.9 Å². The van der Waals surface area contributed by atoms with Gasteiger partial charge < -0.3 is 15.9 Å². The van der Waals surface area contributed by atoms with Gasteiger partial charge in [-0.25, -0.2) is 9.98 Å². The van der Waals surface area contributed by atoms with E-state index >= 15 is 0 Å². The molecule has 7 rings (SSSR count). The molecular weight excluding hydrogens is 822 g/mol. The van der Waals surface area contributed by atoms with E-state index in [1.807, 2.05) is 0 Å². The molecule has 296 valence electrons. The molecule has 16 nitrogen and oxygen atoms in total. The number of hydrogen-bond donors (Lipinski definition) is 6. The molecule has 1 aliphatic rings. The number of nitrogens with two attached hydrogens (primary N) is 1. The number of aliphatic hydroxyl groups excluding tert-OH is 2. The van der Waals surface area contributed by atoms with E-state index in [9.17, 15) is 40.9 Å². The number of azo groups is 1. The Morgan fingerprint density at radius 1 is 0.650 bits per heavy atom. The normalized spacial score (nSPS) is 14.2. The van der Waals surface area contributed by atoms with Gasteiger partial charge in [0.05, 0.1) is 33.3 Å². The van der Waals surface area contributed by atoms with Crippen molar-refractivity contribution >= 4 is 94.5 Å². The number of aliphatic hydroxyl groups is 2. The number of fused-ring (bicyclic) bond motifs is 2. The molecular formula is C41H31N7NaO9S2+. The number of aryl methyl sites for hydroxylation is 1. The molecule has 7 N–H and O–H groups in total. The first kappa shape index (κ1) is 43.2. The quantitative estimate of drug-likeness (QED) is 0.0189. The summed E-state index contributed by atoms with van der Waals surface area (Å²) in [6, 6.07) is 30.9. The van der Waals surface area contributed by atoms with Crippen LogP contribution in [0.15, 0.2) is 156 Å². The number of nitrogens with one attached hydrogen (secondary N) is 1. The maximum atomic E-state index is 13.5. The van der Waals surface area contributed by atoms with Crippen LogP contribution >= 0.6 is 0 Å². The van der Waals surface area contributed by atoms with E-state index in [-0.39, 0.29) is 63.1 Å². The van der Waals surface area contributed by atoms with Crippen LogP contribution in [0.25, 0.3) is 16.8 Å². The SMILES string of the molecule is Cc1cc(N=C(O)c2ccc(N=C(O)c3ccc(N)cc3)cc2)ccc1N=Nc1ccc2c(c1)C=C(S(=O)(=O)O)/C(=N/Nc1ccc3cc(S(=O)(=O)O)ccc3c1)C2=O.[Na+]. The fourth-order valence-electron chi connectivity index (χ4n) is 5.89. The van der Waals surface area contributed by atoms with Gasteiger partial charge in [0.2, 0.25) is 17.6 Å². The Balaban J connectivity index is 0.00000604. The minimum atomic E-state index is -4.94. The summed E-state index contributed by atoms with van der Waals surface area (Å²) in [6.07, 6.45) is 1.10. The van der Waals surface area contributed by atoms with Gasteiger partial charge in [0, 0.05) is 22.4 Å². The van der Waals surface area contributed by atoms with E-state index < -0.39 is 36.6 Å². The van der Waals surface area contributed by atoms with E-state index in [0.717, 1.165) is 6.08 Å². The Bertz CT molecular complexity index is 3080. The molecule has 0 bridgehead atoms. The second-order valence-corrected chi connectivity index (χ2v) is 15.9. The second kappa shape index (κ2) is 17.5. The minimum Gasteiger partial charge on any atom is -0.493 e. The fourth-order valence-corrected chi connectivity index (χ4v) is 7.06. The van der Waals surface area contributed by atoms with Gasteiger partial charge in [-0.1, -0.05) is 12.1 Å². The molecule has 0 radical (unpaired) electrons. The third-order valence-electron chi connectivity index (χ3n) is 8.92. The van der Waals surface area contributed by atoms with Crippen molar-refractivity contribution in [2.75, 3.05) is 11.2 Å². The summed E-state index contributed by atoms with van der Waals surface area (Å²) in [5.74, 6) is -1.24. The standard InChI is InChI=1S/C41H31N7O9S2.Na/c1-23-18-31(44-41(51)25-4-10-30(11-5-25)43-40(50)24-2-8-29(42)9-3-24)14-17-36(23)47-45-33-13-16-35-28(20-33)22-37(59(55,56)57)38(39(35)49)48-46-32-12-6-27-21-34(58(52,53)54)15-7-26(27)19-32;/h2-22,46H,42H2,1H3,(H,43,50)(H,44,51)(H,52,53,54)(H,55,56,57);/q;+1/b47-45?,48-38-;. The summed E-state index contributed by atoms with van der Waals surface area (Å²) in [7, 11) is -9.36. The van der Waals surface area contributed by atoms with Crippen molar-refractivity contribution in [3.63, 3.8) is 0 Å². The number of hydrazone groups is 1. The molecule has 0 saturated heterocycles. The number of carbonyl (C=O) groups excluding carboxylic acids is 1. The third kappa shape index (κ3) is 9.89. The summed E-state index contributed by atoms with van der Waals surface area (Å²) >= 11 is 0. The molecule has 60 heavy (non-hydrogen) atoms. The number of nitrogen functional groups attached to an aromatic ring is 1. The van der Waals surface area contributed by atoms with Gasteiger partial charge in [-0.15, -0.1) is 0 Å². The van der Waals surface area contributed by atoms with Gasteiger partial charge in [-0.2, -0.15) is 32.2 Å². The number of allylic oxidation sites excluding steroid dienone is 1. The van der Waals surface area contributed by atoms with Crippen molar-refractivity contribution in [2.24, 2.45) is 25.3 Å². The fraction of sp³-hybridized carbons (Fsp3) is 0.0244. The van der Waals surface area contributed by atoms with Crippen LogP contribution in [0.4, 0.5) is 34.1 Å². The van der Waals surface area contributed by atoms with Gasteiger partial charge in [0.25, 0.3) is 20.2 Å². The average molecular weight is 853 g/mol.